The number of nitrogens with two attached hydrogens (primary N) is 1. The zero-order valence-corrected chi connectivity index (χ0v) is 12.2. The highest BCUT2D eigenvalue weighted by molar-refractivity contribution is 6.01. The van der Waals surface area contributed by atoms with E-state index in [9.17, 15) is 14.7 Å². The normalized spacial score (nSPS) is 11.1. The molecule has 7 N–H and O–H groups in total. The van der Waals surface area contributed by atoms with Crippen molar-refractivity contribution in [3.05, 3.63) is 35.9 Å². The second kappa shape index (κ2) is 7.12. The maximum atomic E-state index is 11.8. The van der Waals surface area contributed by atoms with Crippen LogP contribution in [0.15, 0.2) is 18.2 Å². The molecule has 8 nitrogen and oxygen atoms in total. The molecule has 0 unspecified atom stereocenters. The van der Waals surface area contributed by atoms with E-state index < -0.39 is 17.9 Å². The van der Waals surface area contributed by atoms with E-state index in [0.717, 1.165) is 0 Å². The van der Waals surface area contributed by atoms with Crippen LogP contribution in [0.2, 0.25) is 0 Å². The summed E-state index contributed by atoms with van der Waals surface area (Å²) in [6, 6.07) is 3.80. The molecule has 2 amide bonds. The summed E-state index contributed by atoms with van der Waals surface area (Å²) in [6.07, 6.45) is 1.37. The van der Waals surface area contributed by atoms with Crippen LogP contribution < -0.4 is 11.1 Å². The zero-order chi connectivity index (χ0) is 17.0. The number of amides is 2. The summed E-state index contributed by atoms with van der Waals surface area (Å²) in [5.74, 6) is -1.14. The average Bonchev–Trinajstić information content (AvgIpc) is 2.88. The Morgan fingerprint density at radius 3 is 2.61 bits per heavy atom. The van der Waals surface area contributed by atoms with Gasteiger partial charge in [-0.1, -0.05) is 0 Å². The molecule has 2 aromatic rings. The van der Waals surface area contributed by atoms with Gasteiger partial charge in [0, 0.05) is 10.9 Å². The number of primary amides is 1. The first-order valence-corrected chi connectivity index (χ1v) is 6.95. The lowest BCUT2D eigenvalue weighted by molar-refractivity contribution is -0.119. The molecule has 0 atom stereocenters. The minimum absolute atomic E-state index is 0.0267. The number of carbonyl (C=O) groups is 2. The van der Waals surface area contributed by atoms with Crippen molar-refractivity contribution < 1.29 is 24.9 Å². The van der Waals surface area contributed by atoms with Gasteiger partial charge < -0.3 is 31.4 Å². The van der Waals surface area contributed by atoms with E-state index in [4.69, 9.17) is 15.9 Å². The van der Waals surface area contributed by atoms with Gasteiger partial charge in [-0.2, -0.15) is 0 Å². The number of carbonyl (C=O) groups excluding carboxylic acids is 2. The number of aromatic amines is 1. The van der Waals surface area contributed by atoms with E-state index >= 15 is 0 Å². The van der Waals surface area contributed by atoms with Crippen molar-refractivity contribution in [1.29, 1.82) is 0 Å². The van der Waals surface area contributed by atoms with Crippen molar-refractivity contribution in [3.63, 3.8) is 0 Å². The number of phenols is 1. The first kappa shape index (κ1) is 16.8. The van der Waals surface area contributed by atoms with Crippen LogP contribution in [0.5, 0.6) is 5.75 Å². The number of aliphatic hydroxyl groups excluding tert-OH is 2. The van der Waals surface area contributed by atoms with Gasteiger partial charge in [0.1, 0.15) is 11.4 Å². The highest BCUT2D eigenvalue weighted by atomic mass is 16.3. The quantitative estimate of drug-likeness (QED) is 0.394. The molecule has 1 radical (unpaired) electrons. The molecule has 1 aromatic heterocycles. The SMILES string of the molecule is NC(=O)c1[nH]c2ccc(O)cc2c1C[CH]C(=O)NC(CO)CO. The van der Waals surface area contributed by atoms with Gasteiger partial charge in [0.05, 0.1) is 25.7 Å². The number of rotatable bonds is 7. The predicted octanol–water partition coefficient (Wildman–Crippen LogP) is -0.811. The molecular weight excluding hydrogens is 302 g/mol. The summed E-state index contributed by atoms with van der Waals surface area (Å²) in [5.41, 5.74) is 6.60. The molecule has 0 aliphatic heterocycles. The van der Waals surface area contributed by atoms with Crippen LogP contribution in [0.1, 0.15) is 16.1 Å². The lowest BCUT2D eigenvalue weighted by Gasteiger charge is -2.13. The first-order chi connectivity index (χ1) is 11.0. The molecule has 0 spiro atoms. The second-order valence-corrected chi connectivity index (χ2v) is 5.05. The molecule has 23 heavy (non-hydrogen) atoms. The van der Waals surface area contributed by atoms with E-state index in [2.05, 4.69) is 10.3 Å². The van der Waals surface area contributed by atoms with Gasteiger partial charge in [0.15, 0.2) is 0 Å². The molecule has 2 rings (SSSR count). The predicted molar refractivity (Wildman–Crippen MR) is 82.6 cm³/mol. The molecule has 0 saturated heterocycles. The van der Waals surface area contributed by atoms with Crippen LogP contribution in [-0.2, 0) is 11.2 Å². The Morgan fingerprint density at radius 2 is 2.00 bits per heavy atom. The third-order valence-corrected chi connectivity index (χ3v) is 3.41. The van der Waals surface area contributed by atoms with Gasteiger partial charge in [0.25, 0.3) is 5.91 Å². The van der Waals surface area contributed by atoms with Crippen molar-refractivity contribution >= 4 is 22.7 Å². The van der Waals surface area contributed by atoms with Gasteiger partial charge in [-0.25, -0.2) is 0 Å². The Bertz CT molecular complexity index is 721. The summed E-state index contributed by atoms with van der Waals surface area (Å²) in [4.78, 5) is 26.2. The van der Waals surface area contributed by atoms with Crippen molar-refractivity contribution in [3.8, 4) is 5.75 Å². The van der Waals surface area contributed by atoms with Gasteiger partial charge in [-0.15, -0.1) is 0 Å². The summed E-state index contributed by atoms with van der Waals surface area (Å²) in [7, 11) is 0. The fraction of sp³-hybridized carbons (Fsp3) is 0.267. The molecule has 0 fully saturated rings. The fourth-order valence-electron chi connectivity index (χ4n) is 2.26. The van der Waals surface area contributed by atoms with E-state index in [1.807, 2.05) is 0 Å². The van der Waals surface area contributed by atoms with E-state index in [0.29, 0.717) is 16.5 Å². The van der Waals surface area contributed by atoms with Crippen LogP contribution in [0.4, 0.5) is 0 Å². The lowest BCUT2D eigenvalue weighted by atomic mass is 10.0. The Balaban J connectivity index is 2.21. The topological polar surface area (TPSA) is 149 Å². The van der Waals surface area contributed by atoms with E-state index in [-0.39, 0.29) is 31.1 Å². The molecule has 0 bridgehead atoms. The Hall–Kier alpha value is -2.58. The maximum absolute atomic E-state index is 11.8. The highest BCUT2D eigenvalue weighted by Crippen LogP contribution is 2.27. The molecule has 1 heterocycles. The third kappa shape index (κ3) is 3.79. The van der Waals surface area contributed by atoms with Crippen molar-refractivity contribution in [2.75, 3.05) is 13.2 Å². The number of nitrogens with one attached hydrogen (secondary N) is 2. The van der Waals surface area contributed by atoms with Crippen molar-refractivity contribution in [2.45, 2.75) is 12.5 Å². The largest absolute Gasteiger partial charge is 0.508 e. The average molecular weight is 320 g/mol. The monoisotopic (exact) mass is 320 g/mol. The first-order valence-electron chi connectivity index (χ1n) is 6.95. The Morgan fingerprint density at radius 1 is 1.30 bits per heavy atom. The smallest absolute Gasteiger partial charge is 0.265 e. The third-order valence-electron chi connectivity index (χ3n) is 3.41. The number of benzene rings is 1. The minimum Gasteiger partial charge on any atom is -0.508 e. The molecule has 0 aliphatic carbocycles. The fourth-order valence-corrected chi connectivity index (χ4v) is 2.26. The molecule has 8 heteroatoms. The van der Waals surface area contributed by atoms with Gasteiger partial charge in [-0.3, -0.25) is 9.59 Å². The number of hydrogen-bond acceptors (Lipinski definition) is 5. The molecule has 1 aromatic carbocycles. The number of aliphatic hydroxyl groups is 2. The maximum Gasteiger partial charge on any atom is 0.265 e. The van der Waals surface area contributed by atoms with Crippen molar-refractivity contribution in [2.24, 2.45) is 5.73 Å². The molecular formula is C15H18N3O5. The summed E-state index contributed by atoms with van der Waals surface area (Å²) in [6.45, 7) is -0.771. The number of aromatic hydroxyl groups is 1. The summed E-state index contributed by atoms with van der Waals surface area (Å²) in [5, 5.41) is 30.5. The van der Waals surface area contributed by atoms with E-state index in [1.54, 1.807) is 6.07 Å². The van der Waals surface area contributed by atoms with Crippen molar-refractivity contribution in [1.82, 2.24) is 10.3 Å². The number of aromatic nitrogens is 1. The van der Waals surface area contributed by atoms with Gasteiger partial charge in [-0.05, 0) is 30.2 Å². The molecule has 0 saturated carbocycles. The van der Waals surface area contributed by atoms with Crippen LogP contribution in [0, 0.1) is 6.42 Å². The van der Waals surface area contributed by atoms with Gasteiger partial charge in [0.2, 0.25) is 5.91 Å². The van der Waals surface area contributed by atoms with Crippen LogP contribution in [-0.4, -0.2) is 51.4 Å². The molecule has 123 valence electrons. The Labute approximate surface area is 131 Å². The van der Waals surface area contributed by atoms with Crippen LogP contribution in [0.25, 0.3) is 10.9 Å². The van der Waals surface area contributed by atoms with E-state index in [1.165, 1.54) is 18.6 Å². The molecule has 0 aliphatic rings. The second-order valence-electron chi connectivity index (χ2n) is 5.05. The zero-order valence-electron chi connectivity index (χ0n) is 12.2. The summed E-state index contributed by atoms with van der Waals surface area (Å²) >= 11 is 0. The standard InChI is InChI=1S/C15H18N3O5/c16-15(23)14-10(2-4-13(22)17-8(6-19)7-20)11-5-9(21)1-3-12(11)18-14/h1,3-5,8,18-21H,2,6-7H2,(H2,16,23)(H,17,22). The number of fused-ring (bicyclic) bond motifs is 1. The van der Waals surface area contributed by atoms with Gasteiger partial charge >= 0.3 is 0 Å². The lowest BCUT2D eigenvalue weighted by Crippen LogP contribution is -2.40. The minimum atomic E-state index is -0.749. The number of H-pyrrole nitrogens is 1. The Kier molecular flexibility index (Phi) is 5.20. The number of hydrogen-bond donors (Lipinski definition) is 6. The summed E-state index contributed by atoms with van der Waals surface area (Å²) < 4.78 is 0. The van der Waals surface area contributed by atoms with Crippen LogP contribution in [0.3, 0.4) is 0 Å². The highest BCUT2D eigenvalue weighted by Gasteiger charge is 2.18. The number of phenolic OH excluding ortho intramolecular Hbond substituents is 1. The van der Waals surface area contributed by atoms with Crippen LogP contribution >= 0.6 is 0 Å².